The predicted molar refractivity (Wildman–Crippen MR) is 93.9 cm³/mol. The van der Waals surface area contributed by atoms with E-state index in [1.54, 1.807) is 43.5 Å². The van der Waals surface area contributed by atoms with Gasteiger partial charge in [-0.2, -0.15) is 5.10 Å². The van der Waals surface area contributed by atoms with Gasteiger partial charge in [-0.05, 0) is 46.9 Å². The highest BCUT2D eigenvalue weighted by molar-refractivity contribution is 14.1. The summed E-state index contributed by atoms with van der Waals surface area (Å²) in [7, 11) is 1.55. The molecule has 0 aliphatic rings. The Labute approximate surface area is 145 Å². The lowest BCUT2D eigenvalue weighted by atomic mass is 10.2. The number of nitro benzene ring substituents is 1. The Balaban J connectivity index is 2.10. The van der Waals surface area contributed by atoms with E-state index in [2.05, 4.69) is 33.1 Å². The maximum Gasteiger partial charge on any atom is 0.278 e. The SMILES string of the molecule is COc1ccc(C(=O)N/N=C\c2ccccc2[N+](=O)[O-])cc1I. The fourth-order valence-corrected chi connectivity index (χ4v) is 2.53. The number of amides is 1. The molecule has 0 saturated heterocycles. The van der Waals surface area contributed by atoms with Crippen LogP contribution in [0.2, 0.25) is 0 Å². The van der Waals surface area contributed by atoms with E-state index in [9.17, 15) is 14.9 Å². The number of nitrogens with zero attached hydrogens (tertiary/aromatic N) is 2. The van der Waals surface area contributed by atoms with E-state index in [4.69, 9.17) is 4.74 Å². The number of carbonyl (C=O) groups is 1. The second-order valence-corrected chi connectivity index (χ2v) is 5.53. The van der Waals surface area contributed by atoms with Crippen LogP contribution in [0.15, 0.2) is 47.6 Å². The second-order valence-electron chi connectivity index (χ2n) is 4.36. The lowest BCUT2D eigenvalue weighted by Crippen LogP contribution is -2.17. The van der Waals surface area contributed by atoms with Crippen molar-refractivity contribution in [2.75, 3.05) is 7.11 Å². The molecule has 0 aliphatic carbocycles. The van der Waals surface area contributed by atoms with Gasteiger partial charge in [-0.3, -0.25) is 14.9 Å². The number of methoxy groups -OCH3 is 1. The van der Waals surface area contributed by atoms with Gasteiger partial charge in [0.1, 0.15) is 5.75 Å². The number of nitrogens with one attached hydrogen (secondary N) is 1. The van der Waals surface area contributed by atoms with Crippen molar-refractivity contribution in [3.05, 3.63) is 67.3 Å². The summed E-state index contributed by atoms with van der Waals surface area (Å²) in [6.45, 7) is 0. The summed E-state index contributed by atoms with van der Waals surface area (Å²) in [4.78, 5) is 22.4. The number of nitro groups is 1. The lowest BCUT2D eigenvalue weighted by molar-refractivity contribution is -0.385. The zero-order valence-electron chi connectivity index (χ0n) is 12.0. The molecule has 2 aromatic rings. The van der Waals surface area contributed by atoms with E-state index in [-0.39, 0.29) is 5.69 Å². The summed E-state index contributed by atoms with van der Waals surface area (Å²) < 4.78 is 5.91. The monoisotopic (exact) mass is 425 g/mol. The van der Waals surface area contributed by atoms with Gasteiger partial charge in [0.05, 0.1) is 27.4 Å². The summed E-state index contributed by atoms with van der Waals surface area (Å²) in [5, 5.41) is 14.7. The first kappa shape index (κ1) is 16.9. The third-order valence-electron chi connectivity index (χ3n) is 2.92. The average molecular weight is 425 g/mol. The van der Waals surface area contributed by atoms with Crippen LogP contribution >= 0.6 is 22.6 Å². The van der Waals surface area contributed by atoms with Crippen LogP contribution in [0.25, 0.3) is 0 Å². The van der Waals surface area contributed by atoms with Crippen LogP contribution in [-0.2, 0) is 0 Å². The van der Waals surface area contributed by atoms with E-state index in [0.29, 0.717) is 16.9 Å². The van der Waals surface area contributed by atoms with Crippen LogP contribution in [0.5, 0.6) is 5.75 Å². The van der Waals surface area contributed by atoms with Crippen LogP contribution in [-0.4, -0.2) is 24.2 Å². The first-order valence-electron chi connectivity index (χ1n) is 6.43. The van der Waals surface area contributed by atoms with Crippen LogP contribution in [0.1, 0.15) is 15.9 Å². The third-order valence-corrected chi connectivity index (χ3v) is 3.76. The van der Waals surface area contributed by atoms with Crippen molar-refractivity contribution in [1.82, 2.24) is 5.43 Å². The van der Waals surface area contributed by atoms with E-state index in [0.717, 1.165) is 3.57 Å². The lowest BCUT2D eigenvalue weighted by Gasteiger charge is -2.05. The molecule has 0 spiro atoms. The van der Waals surface area contributed by atoms with Crippen molar-refractivity contribution in [1.29, 1.82) is 0 Å². The molecule has 0 heterocycles. The van der Waals surface area contributed by atoms with Gasteiger partial charge in [-0.25, -0.2) is 5.43 Å². The molecule has 8 heteroatoms. The number of para-hydroxylation sites is 1. The smallest absolute Gasteiger partial charge is 0.278 e. The molecule has 7 nitrogen and oxygen atoms in total. The van der Waals surface area contributed by atoms with E-state index in [1.165, 1.54) is 12.3 Å². The minimum absolute atomic E-state index is 0.0792. The zero-order valence-corrected chi connectivity index (χ0v) is 14.2. The van der Waals surface area contributed by atoms with Gasteiger partial charge >= 0.3 is 0 Å². The molecule has 118 valence electrons. The predicted octanol–water partition coefficient (Wildman–Crippen LogP) is 2.97. The number of hydrogen-bond acceptors (Lipinski definition) is 5. The molecule has 1 N–H and O–H groups in total. The average Bonchev–Trinajstić information content (AvgIpc) is 2.55. The van der Waals surface area contributed by atoms with Crippen molar-refractivity contribution < 1.29 is 14.5 Å². The minimum atomic E-state index is -0.505. The van der Waals surface area contributed by atoms with E-state index in [1.807, 2.05) is 0 Å². The van der Waals surface area contributed by atoms with Crippen LogP contribution < -0.4 is 10.2 Å². The normalized spacial score (nSPS) is 10.5. The van der Waals surface area contributed by atoms with Gasteiger partial charge in [0.2, 0.25) is 0 Å². The molecule has 0 bridgehead atoms. The van der Waals surface area contributed by atoms with Crippen LogP contribution in [0.4, 0.5) is 5.69 Å². The molecule has 0 aliphatic heterocycles. The molecule has 0 unspecified atom stereocenters. The van der Waals surface area contributed by atoms with Crippen molar-refractivity contribution in [3.63, 3.8) is 0 Å². The maximum atomic E-state index is 12.0. The third kappa shape index (κ3) is 4.25. The number of halogens is 1. The fraction of sp³-hybridized carbons (Fsp3) is 0.0667. The Hall–Kier alpha value is -2.49. The number of carbonyl (C=O) groups excluding carboxylic acids is 1. The molecule has 0 aromatic heterocycles. The highest BCUT2D eigenvalue weighted by Gasteiger charge is 2.11. The van der Waals surface area contributed by atoms with E-state index < -0.39 is 10.8 Å². The molecular formula is C15H12IN3O4. The molecule has 23 heavy (non-hydrogen) atoms. The van der Waals surface area contributed by atoms with Gasteiger partial charge in [-0.15, -0.1) is 0 Å². The Morgan fingerprint density at radius 1 is 1.35 bits per heavy atom. The van der Waals surface area contributed by atoms with Crippen molar-refractivity contribution in [2.45, 2.75) is 0 Å². The summed E-state index contributed by atoms with van der Waals surface area (Å²) in [5.41, 5.74) is 2.98. The summed E-state index contributed by atoms with van der Waals surface area (Å²) in [6, 6.07) is 11.1. The molecule has 2 aromatic carbocycles. The molecular weight excluding hydrogens is 413 g/mol. The summed E-state index contributed by atoms with van der Waals surface area (Å²) in [6.07, 6.45) is 1.24. The van der Waals surface area contributed by atoms with Crippen LogP contribution in [0, 0.1) is 13.7 Å². The quantitative estimate of drug-likeness (QED) is 0.345. The van der Waals surface area contributed by atoms with Crippen molar-refractivity contribution in [3.8, 4) is 5.75 Å². The zero-order chi connectivity index (χ0) is 16.8. The van der Waals surface area contributed by atoms with Gasteiger partial charge < -0.3 is 4.74 Å². The molecule has 0 saturated carbocycles. The molecule has 0 atom stereocenters. The van der Waals surface area contributed by atoms with Gasteiger partial charge in [0.25, 0.3) is 11.6 Å². The Kier molecular flexibility index (Phi) is 5.63. The number of hydrogen-bond donors (Lipinski definition) is 1. The summed E-state index contributed by atoms with van der Waals surface area (Å²) >= 11 is 2.06. The number of benzene rings is 2. The summed E-state index contributed by atoms with van der Waals surface area (Å²) in [5.74, 6) is 0.256. The minimum Gasteiger partial charge on any atom is -0.496 e. The van der Waals surface area contributed by atoms with E-state index >= 15 is 0 Å². The first-order valence-corrected chi connectivity index (χ1v) is 7.51. The number of ether oxygens (including phenoxy) is 1. The number of hydrazone groups is 1. The molecule has 1 amide bonds. The van der Waals surface area contributed by atoms with Gasteiger partial charge in [-0.1, -0.05) is 12.1 Å². The largest absolute Gasteiger partial charge is 0.496 e. The molecule has 0 radical (unpaired) electrons. The molecule has 0 fully saturated rings. The maximum absolute atomic E-state index is 12.0. The highest BCUT2D eigenvalue weighted by atomic mass is 127. The van der Waals surface area contributed by atoms with Crippen LogP contribution in [0.3, 0.4) is 0 Å². The Bertz CT molecular complexity index is 777. The van der Waals surface area contributed by atoms with Crippen molar-refractivity contribution >= 4 is 40.4 Å². The molecule has 2 rings (SSSR count). The van der Waals surface area contributed by atoms with Gasteiger partial charge in [0, 0.05) is 11.6 Å². The van der Waals surface area contributed by atoms with Gasteiger partial charge in [0.15, 0.2) is 0 Å². The highest BCUT2D eigenvalue weighted by Crippen LogP contribution is 2.21. The first-order chi connectivity index (χ1) is 11.0. The van der Waals surface area contributed by atoms with Crippen molar-refractivity contribution in [2.24, 2.45) is 5.10 Å². The standard InChI is InChI=1S/C15H12IN3O4/c1-23-14-7-6-10(8-12(14)16)15(20)18-17-9-11-4-2-3-5-13(11)19(21)22/h2-9H,1H3,(H,18,20)/b17-9-. The fourth-order valence-electron chi connectivity index (χ4n) is 1.80. The Morgan fingerprint density at radius 3 is 2.74 bits per heavy atom. The topological polar surface area (TPSA) is 93.8 Å². The second kappa shape index (κ2) is 7.68. The number of rotatable bonds is 5. The Morgan fingerprint density at radius 2 is 2.09 bits per heavy atom.